The van der Waals surface area contributed by atoms with Gasteiger partial charge in [-0.05, 0) is 36.4 Å². The van der Waals surface area contributed by atoms with Crippen molar-refractivity contribution in [1.82, 2.24) is 4.98 Å². The number of pyridine rings is 1. The molecule has 2 amide bonds. The molecule has 130 valence electrons. The highest BCUT2D eigenvalue weighted by Crippen LogP contribution is 2.17. The van der Waals surface area contributed by atoms with Crippen LogP contribution in [0.15, 0.2) is 42.6 Å². The highest BCUT2D eigenvalue weighted by Gasteiger charge is 2.12. The number of hydrogen-bond acceptors (Lipinski definition) is 6. The highest BCUT2D eigenvalue weighted by atomic mass is 35.5. The lowest BCUT2D eigenvalue weighted by atomic mass is 10.2. The molecule has 0 atom stereocenters. The summed E-state index contributed by atoms with van der Waals surface area (Å²) in [5, 5.41) is 2.61. The molecule has 25 heavy (non-hydrogen) atoms. The summed E-state index contributed by atoms with van der Waals surface area (Å²) in [6.45, 7) is -0.745. The van der Waals surface area contributed by atoms with E-state index in [0.29, 0.717) is 11.4 Å². The van der Waals surface area contributed by atoms with Crippen LogP contribution in [0.5, 0.6) is 5.75 Å². The molecule has 0 unspecified atom stereocenters. The van der Waals surface area contributed by atoms with E-state index in [4.69, 9.17) is 26.8 Å². The topological polar surface area (TPSA) is 121 Å². The Labute approximate surface area is 147 Å². The standard InChI is InChI=1S/C16H14ClN3O5/c17-15-12(2-1-7-19-15)20-14(22)9-25-16(23)10-3-5-11(6-4-10)24-8-13(18)21/h1-7H,8-9H2,(H2,18,21)(H,20,22). The van der Waals surface area contributed by atoms with Gasteiger partial charge in [-0.25, -0.2) is 9.78 Å². The molecule has 0 radical (unpaired) electrons. The molecule has 1 heterocycles. The number of rotatable bonds is 7. The number of ether oxygens (including phenoxy) is 2. The van der Waals surface area contributed by atoms with Crippen LogP contribution in [0.25, 0.3) is 0 Å². The number of primary amides is 1. The summed E-state index contributed by atoms with van der Waals surface area (Å²) in [4.78, 5) is 38.1. The van der Waals surface area contributed by atoms with E-state index in [0.717, 1.165) is 0 Å². The molecule has 0 saturated heterocycles. The van der Waals surface area contributed by atoms with Crippen LogP contribution in [0.1, 0.15) is 10.4 Å². The number of nitrogens with one attached hydrogen (secondary N) is 1. The number of esters is 1. The van der Waals surface area contributed by atoms with Crippen LogP contribution < -0.4 is 15.8 Å². The van der Waals surface area contributed by atoms with Gasteiger partial charge < -0.3 is 20.5 Å². The molecule has 0 aliphatic carbocycles. The van der Waals surface area contributed by atoms with E-state index in [2.05, 4.69) is 10.3 Å². The minimum atomic E-state index is -0.686. The highest BCUT2D eigenvalue weighted by molar-refractivity contribution is 6.32. The van der Waals surface area contributed by atoms with Gasteiger partial charge in [-0.15, -0.1) is 0 Å². The molecule has 0 fully saturated rings. The van der Waals surface area contributed by atoms with E-state index in [1.807, 2.05) is 0 Å². The van der Waals surface area contributed by atoms with E-state index in [-0.39, 0.29) is 17.3 Å². The van der Waals surface area contributed by atoms with Gasteiger partial charge in [0.05, 0.1) is 11.3 Å². The van der Waals surface area contributed by atoms with Gasteiger partial charge in [0.2, 0.25) is 0 Å². The molecule has 0 bridgehead atoms. The SMILES string of the molecule is NC(=O)COc1ccc(C(=O)OCC(=O)Nc2cccnc2Cl)cc1. The Morgan fingerprint density at radius 3 is 2.48 bits per heavy atom. The van der Waals surface area contributed by atoms with E-state index in [1.54, 1.807) is 12.1 Å². The van der Waals surface area contributed by atoms with Gasteiger partial charge >= 0.3 is 5.97 Å². The third-order valence-electron chi connectivity index (χ3n) is 2.84. The number of carbonyl (C=O) groups is 3. The Kier molecular flexibility index (Phi) is 6.30. The Morgan fingerprint density at radius 1 is 1.12 bits per heavy atom. The molecule has 0 spiro atoms. The summed E-state index contributed by atoms with van der Waals surface area (Å²) in [6, 6.07) is 9.02. The van der Waals surface area contributed by atoms with Crippen LogP contribution in [-0.2, 0) is 14.3 Å². The number of amides is 2. The number of hydrogen-bond donors (Lipinski definition) is 2. The lowest BCUT2D eigenvalue weighted by Gasteiger charge is -2.08. The molecule has 1 aromatic heterocycles. The molecule has 0 aliphatic heterocycles. The van der Waals surface area contributed by atoms with Crippen LogP contribution in [-0.4, -0.2) is 36.0 Å². The van der Waals surface area contributed by atoms with Crippen molar-refractivity contribution in [2.75, 3.05) is 18.5 Å². The van der Waals surface area contributed by atoms with Crippen molar-refractivity contribution in [2.24, 2.45) is 5.73 Å². The zero-order valence-corrected chi connectivity index (χ0v) is 13.7. The first-order valence-electron chi connectivity index (χ1n) is 7.04. The second-order valence-electron chi connectivity index (χ2n) is 4.75. The van der Waals surface area contributed by atoms with Crippen molar-refractivity contribution < 1.29 is 23.9 Å². The summed E-state index contributed by atoms with van der Waals surface area (Å²) in [5.41, 5.74) is 5.50. The molecule has 0 aliphatic rings. The molecular weight excluding hydrogens is 350 g/mol. The van der Waals surface area contributed by atoms with Crippen molar-refractivity contribution in [1.29, 1.82) is 0 Å². The smallest absolute Gasteiger partial charge is 0.338 e. The second kappa shape index (κ2) is 8.65. The number of carbonyl (C=O) groups excluding carboxylic acids is 3. The fourth-order valence-corrected chi connectivity index (χ4v) is 1.89. The largest absolute Gasteiger partial charge is 0.484 e. The van der Waals surface area contributed by atoms with E-state index in [9.17, 15) is 14.4 Å². The van der Waals surface area contributed by atoms with E-state index < -0.39 is 24.4 Å². The average Bonchev–Trinajstić information content (AvgIpc) is 2.60. The number of halogens is 1. The van der Waals surface area contributed by atoms with Crippen molar-refractivity contribution in [3.8, 4) is 5.75 Å². The number of anilines is 1. The predicted octanol–water partition coefficient (Wildman–Crippen LogP) is 1.39. The fraction of sp³-hybridized carbons (Fsp3) is 0.125. The quantitative estimate of drug-likeness (QED) is 0.566. The normalized spacial score (nSPS) is 9.96. The number of nitrogens with zero attached hydrogens (tertiary/aromatic N) is 1. The first-order chi connectivity index (χ1) is 12.0. The van der Waals surface area contributed by atoms with Gasteiger partial charge in [-0.1, -0.05) is 11.6 Å². The molecule has 1 aromatic carbocycles. The van der Waals surface area contributed by atoms with Crippen LogP contribution in [0.3, 0.4) is 0 Å². The van der Waals surface area contributed by atoms with Crippen LogP contribution in [0, 0.1) is 0 Å². The van der Waals surface area contributed by atoms with Crippen molar-refractivity contribution in [3.63, 3.8) is 0 Å². The minimum absolute atomic E-state index is 0.133. The van der Waals surface area contributed by atoms with Gasteiger partial charge in [-0.2, -0.15) is 0 Å². The van der Waals surface area contributed by atoms with Crippen LogP contribution in [0.2, 0.25) is 5.15 Å². The third-order valence-corrected chi connectivity index (χ3v) is 3.14. The first-order valence-corrected chi connectivity index (χ1v) is 7.42. The van der Waals surface area contributed by atoms with Gasteiger partial charge in [0.25, 0.3) is 11.8 Å². The maximum Gasteiger partial charge on any atom is 0.338 e. The van der Waals surface area contributed by atoms with Gasteiger partial charge in [0.1, 0.15) is 5.75 Å². The summed E-state index contributed by atoms with van der Waals surface area (Å²) in [7, 11) is 0. The molecule has 9 heteroatoms. The summed E-state index contributed by atoms with van der Waals surface area (Å²) < 4.78 is 9.98. The first kappa shape index (κ1) is 18.2. The van der Waals surface area contributed by atoms with Crippen LogP contribution in [0.4, 0.5) is 5.69 Å². The average molecular weight is 364 g/mol. The Hall–Kier alpha value is -3.13. The summed E-state index contributed by atoms with van der Waals surface area (Å²) in [5.74, 6) is -1.47. The molecule has 8 nitrogen and oxygen atoms in total. The van der Waals surface area contributed by atoms with Gasteiger partial charge in [-0.3, -0.25) is 9.59 Å². The van der Waals surface area contributed by atoms with E-state index in [1.165, 1.54) is 30.5 Å². The van der Waals surface area contributed by atoms with Crippen molar-refractivity contribution in [2.45, 2.75) is 0 Å². The Morgan fingerprint density at radius 2 is 1.84 bits per heavy atom. The second-order valence-corrected chi connectivity index (χ2v) is 5.10. The summed E-state index contributed by atoms with van der Waals surface area (Å²) in [6.07, 6.45) is 1.48. The van der Waals surface area contributed by atoms with Crippen molar-refractivity contribution in [3.05, 3.63) is 53.3 Å². The van der Waals surface area contributed by atoms with Crippen molar-refractivity contribution >= 4 is 35.1 Å². The lowest BCUT2D eigenvalue weighted by Crippen LogP contribution is -2.21. The molecular formula is C16H14ClN3O5. The Bertz CT molecular complexity index is 780. The number of benzene rings is 1. The number of nitrogens with two attached hydrogens (primary N) is 1. The maximum atomic E-state index is 11.9. The zero-order chi connectivity index (χ0) is 18.2. The lowest BCUT2D eigenvalue weighted by molar-refractivity contribution is -0.120. The van der Waals surface area contributed by atoms with Gasteiger partial charge in [0, 0.05) is 6.20 Å². The molecule has 2 aromatic rings. The van der Waals surface area contributed by atoms with E-state index >= 15 is 0 Å². The third kappa shape index (κ3) is 5.78. The van der Waals surface area contributed by atoms with Gasteiger partial charge in [0.15, 0.2) is 18.4 Å². The predicted molar refractivity (Wildman–Crippen MR) is 89.3 cm³/mol. The monoisotopic (exact) mass is 363 g/mol. The number of aromatic nitrogens is 1. The summed E-state index contributed by atoms with van der Waals surface area (Å²) >= 11 is 5.81. The molecule has 2 rings (SSSR count). The van der Waals surface area contributed by atoms with Crippen LogP contribution >= 0.6 is 11.6 Å². The maximum absolute atomic E-state index is 11.9. The minimum Gasteiger partial charge on any atom is -0.484 e. The zero-order valence-electron chi connectivity index (χ0n) is 12.9. The Balaban J connectivity index is 1.84. The fourth-order valence-electron chi connectivity index (χ4n) is 1.72. The molecule has 3 N–H and O–H groups in total. The molecule has 0 saturated carbocycles.